The molecular formula is C11H15N3O3S2. The van der Waals surface area contributed by atoms with Crippen LogP contribution in [0.3, 0.4) is 0 Å². The van der Waals surface area contributed by atoms with Gasteiger partial charge in [0.1, 0.15) is 4.99 Å². The molecule has 0 spiro atoms. The molecule has 0 unspecified atom stereocenters. The van der Waals surface area contributed by atoms with Gasteiger partial charge >= 0.3 is 10.2 Å². The second kappa shape index (κ2) is 5.83. The highest BCUT2D eigenvalue weighted by molar-refractivity contribution is 7.90. The predicted molar refractivity (Wildman–Crippen MR) is 77.3 cm³/mol. The molecule has 3 N–H and O–H groups in total. The number of thiocarbonyl (C=S) groups is 1. The molecule has 8 heteroatoms. The van der Waals surface area contributed by atoms with Gasteiger partial charge in [-0.15, -0.1) is 0 Å². The Morgan fingerprint density at radius 1 is 1.37 bits per heavy atom. The van der Waals surface area contributed by atoms with Crippen molar-refractivity contribution in [2.45, 2.75) is 0 Å². The highest BCUT2D eigenvalue weighted by Gasteiger charge is 2.24. The maximum absolute atomic E-state index is 12.1. The van der Waals surface area contributed by atoms with Crippen LogP contribution in [0, 0.1) is 0 Å². The van der Waals surface area contributed by atoms with E-state index in [-0.39, 0.29) is 4.99 Å². The minimum atomic E-state index is -3.56. The Morgan fingerprint density at radius 2 is 2.05 bits per heavy atom. The summed E-state index contributed by atoms with van der Waals surface area (Å²) in [7, 11) is -3.56. The van der Waals surface area contributed by atoms with Crippen molar-refractivity contribution >= 4 is 33.1 Å². The van der Waals surface area contributed by atoms with Crippen LogP contribution in [0.25, 0.3) is 0 Å². The number of anilines is 1. The van der Waals surface area contributed by atoms with Crippen molar-refractivity contribution in [3.05, 3.63) is 29.8 Å². The van der Waals surface area contributed by atoms with E-state index in [4.69, 9.17) is 22.7 Å². The van der Waals surface area contributed by atoms with E-state index in [1.54, 1.807) is 24.3 Å². The van der Waals surface area contributed by atoms with Crippen molar-refractivity contribution < 1.29 is 13.2 Å². The van der Waals surface area contributed by atoms with Crippen molar-refractivity contribution in [3.63, 3.8) is 0 Å². The average molecular weight is 301 g/mol. The van der Waals surface area contributed by atoms with Gasteiger partial charge in [-0.05, 0) is 12.1 Å². The normalized spacial score (nSPS) is 17.1. The van der Waals surface area contributed by atoms with Crippen LogP contribution in [0.1, 0.15) is 5.56 Å². The fourth-order valence-corrected chi connectivity index (χ4v) is 3.05. The molecule has 1 aliphatic rings. The predicted octanol–water partition coefficient (Wildman–Crippen LogP) is 0.310. The summed E-state index contributed by atoms with van der Waals surface area (Å²) < 4.78 is 33.3. The molecular weight excluding hydrogens is 286 g/mol. The minimum Gasteiger partial charge on any atom is -0.389 e. The van der Waals surface area contributed by atoms with Crippen LogP contribution in [-0.2, 0) is 14.9 Å². The number of nitrogens with one attached hydrogen (secondary N) is 1. The largest absolute Gasteiger partial charge is 0.389 e. The molecule has 1 aliphatic heterocycles. The minimum absolute atomic E-state index is 0.229. The summed E-state index contributed by atoms with van der Waals surface area (Å²) in [5.74, 6) is 0. The summed E-state index contributed by atoms with van der Waals surface area (Å²) in [5.41, 5.74) is 6.58. The quantitative estimate of drug-likeness (QED) is 0.782. The number of morpholine rings is 1. The number of ether oxygens (including phenoxy) is 1. The second-order valence-electron chi connectivity index (χ2n) is 4.06. The average Bonchev–Trinajstić information content (AvgIpc) is 2.39. The topological polar surface area (TPSA) is 84.7 Å². The summed E-state index contributed by atoms with van der Waals surface area (Å²) in [4.78, 5) is 0.229. The molecule has 0 amide bonds. The molecule has 1 aromatic carbocycles. The number of rotatable bonds is 4. The van der Waals surface area contributed by atoms with Crippen molar-refractivity contribution in [1.29, 1.82) is 0 Å². The second-order valence-corrected chi connectivity index (χ2v) is 6.17. The Bertz CT molecular complexity index is 568. The van der Waals surface area contributed by atoms with Gasteiger partial charge in [0.05, 0.1) is 18.9 Å². The van der Waals surface area contributed by atoms with Gasteiger partial charge in [-0.2, -0.15) is 12.7 Å². The van der Waals surface area contributed by atoms with Gasteiger partial charge in [0.25, 0.3) is 0 Å². The zero-order chi connectivity index (χ0) is 13.9. The summed E-state index contributed by atoms with van der Waals surface area (Å²) >= 11 is 4.86. The lowest BCUT2D eigenvalue weighted by Gasteiger charge is -2.26. The number of benzene rings is 1. The van der Waals surface area contributed by atoms with Gasteiger partial charge in [-0.25, -0.2) is 0 Å². The SMILES string of the molecule is NC(=S)c1cccc(NS(=O)(=O)N2CCOCC2)c1. The molecule has 19 heavy (non-hydrogen) atoms. The van der Waals surface area contributed by atoms with E-state index in [0.717, 1.165) is 0 Å². The lowest BCUT2D eigenvalue weighted by Crippen LogP contribution is -2.43. The molecule has 0 aliphatic carbocycles. The summed E-state index contributed by atoms with van der Waals surface area (Å²) in [6.07, 6.45) is 0. The Kier molecular flexibility index (Phi) is 4.35. The first-order valence-corrected chi connectivity index (χ1v) is 7.59. The molecule has 1 heterocycles. The molecule has 6 nitrogen and oxygen atoms in total. The van der Waals surface area contributed by atoms with Crippen molar-refractivity contribution in [2.24, 2.45) is 5.73 Å². The first kappa shape index (κ1) is 14.2. The van der Waals surface area contributed by atoms with E-state index in [2.05, 4.69) is 4.72 Å². The molecule has 0 bridgehead atoms. The molecule has 1 fully saturated rings. The number of hydrogen-bond donors (Lipinski definition) is 2. The van der Waals surface area contributed by atoms with E-state index >= 15 is 0 Å². The molecule has 0 saturated carbocycles. The Morgan fingerprint density at radius 3 is 2.68 bits per heavy atom. The molecule has 1 aromatic rings. The third-order valence-electron chi connectivity index (χ3n) is 2.70. The maximum Gasteiger partial charge on any atom is 0.301 e. The standard InChI is InChI=1S/C11H15N3O3S2/c12-11(18)9-2-1-3-10(8-9)13-19(15,16)14-4-6-17-7-5-14/h1-3,8,13H,4-7H2,(H2,12,18). The fraction of sp³-hybridized carbons (Fsp3) is 0.364. The van der Waals surface area contributed by atoms with Crippen molar-refractivity contribution in [3.8, 4) is 0 Å². The van der Waals surface area contributed by atoms with Gasteiger partial charge in [0.15, 0.2) is 0 Å². The summed E-state index contributed by atoms with van der Waals surface area (Å²) in [5, 5.41) is 0. The van der Waals surface area contributed by atoms with Gasteiger partial charge in [0.2, 0.25) is 0 Å². The zero-order valence-electron chi connectivity index (χ0n) is 10.2. The third kappa shape index (κ3) is 3.63. The first-order chi connectivity index (χ1) is 8.99. The summed E-state index contributed by atoms with van der Waals surface area (Å²) in [6, 6.07) is 6.70. The third-order valence-corrected chi connectivity index (χ3v) is 4.48. The first-order valence-electron chi connectivity index (χ1n) is 5.74. The monoisotopic (exact) mass is 301 g/mol. The Hall–Kier alpha value is -1.22. The van der Waals surface area contributed by atoms with E-state index in [1.165, 1.54) is 4.31 Å². The molecule has 0 atom stereocenters. The molecule has 0 radical (unpaired) electrons. The van der Waals surface area contributed by atoms with Gasteiger partial charge < -0.3 is 10.5 Å². The van der Waals surface area contributed by atoms with Gasteiger partial charge in [-0.3, -0.25) is 4.72 Å². The number of hydrogen-bond acceptors (Lipinski definition) is 4. The summed E-state index contributed by atoms with van der Waals surface area (Å²) in [6.45, 7) is 1.52. The molecule has 104 valence electrons. The van der Waals surface area contributed by atoms with Crippen molar-refractivity contribution in [1.82, 2.24) is 4.31 Å². The van der Waals surface area contributed by atoms with Gasteiger partial charge in [-0.1, -0.05) is 24.4 Å². The molecule has 0 aromatic heterocycles. The maximum atomic E-state index is 12.1. The van der Waals surface area contributed by atoms with Crippen LogP contribution >= 0.6 is 12.2 Å². The Labute approximate surface area is 117 Å². The zero-order valence-corrected chi connectivity index (χ0v) is 11.8. The van der Waals surface area contributed by atoms with Crippen LogP contribution in [0.5, 0.6) is 0 Å². The van der Waals surface area contributed by atoms with Crippen LogP contribution in [0.2, 0.25) is 0 Å². The number of nitrogens with zero attached hydrogens (tertiary/aromatic N) is 1. The number of nitrogens with two attached hydrogens (primary N) is 1. The van der Waals surface area contributed by atoms with Crippen LogP contribution < -0.4 is 10.5 Å². The highest BCUT2D eigenvalue weighted by atomic mass is 32.2. The lowest BCUT2D eigenvalue weighted by atomic mass is 10.2. The van der Waals surface area contributed by atoms with E-state index < -0.39 is 10.2 Å². The highest BCUT2D eigenvalue weighted by Crippen LogP contribution is 2.15. The Balaban J connectivity index is 2.15. The lowest BCUT2D eigenvalue weighted by molar-refractivity contribution is 0.0733. The van der Waals surface area contributed by atoms with E-state index in [0.29, 0.717) is 37.6 Å². The van der Waals surface area contributed by atoms with Crippen molar-refractivity contribution in [2.75, 3.05) is 31.0 Å². The van der Waals surface area contributed by atoms with Crippen LogP contribution in [0.4, 0.5) is 5.69 Å². The fourth-order valence-electron chi connectivity index (χ4n) is 1.74. The molecule has 1 saturated heterocycles. The van der Waals surface area contributed by atoms with Crippen LogP contribution in [-0.4, -0.2) is 44.0 Å². The molecule has 2 rings (SSSR count). The van der Waals surface area contributed by atoms with E-state index in [1.807, 2.05) is 0 Å². The van der Waals surface area contributed by atoms with Crippen LogP contribution in [0.15, 0.2) is 24.3 Å². The van der Waals surface area contributed by atoms with Gasteiger partial charge in [0, 0.05) is 18.7 Å². The van der Waals surface area contributed by atoms with E-state index in [9.17, 15) is 8.42 Å². The smallest absolute Gasteiger partial charge is 0.301 e.